The Hall–Kier alpha value is -0.820. The van der Waals surface area contributed by atoms with Crippen molar-refractivity contribution in [1.29, 1.82) is 0 Å². The van der Waals surface area contributed by atoms with Crippen LogP contribution >= 0.6 is 12.4 Å². The number of nitrogens with one attached hydrogen (secondary N) is 1. The van der Waals surface area contributed by atoms with Crippen LogP contribution in [0.1, 0.15) is 19.8 Å². The summed E-state index contributed by atoms with van der Waals surface area (Å²) in [6.07, 6.45) is 1.99. The Kier molecular flexibility index (Phi) is 7.62. The van der Waals surface area contributed by atoms with Crippen LogP contribution in [0.2, 0.25) is 0 Å². The first-order valence-electron chi connectivity index (χ1n) is 7.45. The minimum atomic E-state index is -3.43. The fourth-order valence-electron chi connectivity index (χ4n) is 2.74. The molecule has 0 aromatic heterocycles. The van der Waals surface area contributed by atoms with Gasteiger partial charge in [-0.1, -0.05) is 6.07 Å². The Morgan fingerprint density at radius 2 is 2.18 bits per heavy atom. The lowest BCUT2D eigenvalue weighted by Gasteiger charge is -2.31. The highest BCUT2D eigenvalue weighted by Crippen LogP contribution is 2.25. The average Bonchev–Trinajstić information content (AvgIpc) is 2.48. The standard InChI is InChI=1S/C15H24N2O3S.ClH/c1-3-20-14-7-4-8-15(10-14)21(18,19)17-9-5-6-13(12-17)11-16-2;/h4,7-8,10,13,16H,3,5-6,9,11-12H2,1-2H3;1H. The Bertz CT molecular complexity index is 564. The summed E-state index contributed by atoms with van der Waals surface area (Å²) in [5.74, 6) is 0.982. The monoisotopic (exact) mass is 348 g/mol. The largest absolute Gasteiger partial charge is 0.494 e. The Balaban J connectivity index is 0.00000242. The number of rotatable bonds is 6. The summed E-state index contributed by atoms with van der Waals surface area (Å²) < 4.78 is 32.5. The zero-order valence-corrected chi connectivity index (χ0v) is 14.8. The number of nitrogens with zero attached hydrogens (tertiary/aromatic N) is 1. The van der Waals surface area contributed by atoms with Gasteiger partial charge in [0.15, 0.2) is 0 Å². The number of hydrogen-bond donors (Lipinski definition) is 1. The molecule has 1 aromatic rings. The molecule has 0 saturated carbocycles. The van der Waals surface area contributed by atoms with Gasteiger partial charge in [-0.05, 0) is 51.4 Å². The minimum absolute atomic E-state index is 0. The molecule has 0 bridgehead atoms. The van der Waals surface area contributed by atoms with Gasteiger partial charge in [-0.25, -0.2) is 8.42 Å². The van der Waals surface area contributed by atoms with E-state index < -0.39 is 10.0 Å². The van der Waals surface area contributed by atoms with Crippen molar-refractivity contribution in [3.63, 3.8) is 0 Å². The van der Waals surface area contributed by atoms with Crippen LogP contribution in [-0.2, 0) is 10.0 Å². The quantitative estimate of drug-likeness (QED) is 0.855. The molecule has 1 unspecified atom stereocenters. The first-order valence-corrected chi connectivity index (χ1v) is 8.89. The van der Waals surface area contributed by atoms with Crippen LogP contribution in [0.3, 0.4) is 0 Å². The zero-order valence-electron chi connectivity index (χ0n) is 13.1. The van der Waals surface area contributed by atoms with Crippen molar-refractivity contribution in [3.8, 4) is 5.75 Å². The Morgan fingerprint density at radius 1 is 1.41 bits per heavy atom. The van der Waals surface area contributed by atoms with Gasteiger partial charge in [-0.15, -0.1) is 12.4 Å². The molecule has 2 rings (SSSR count). The highest BCUT2D eigenvalue weighted by atomic mass is 35.5. The van der Waals surface area contributed by atoms with E-state index in [9.17, 15) is 8.42 Å². The van der Waals surface area contributed by atoms with Crippen LogP contribution in [-0.4, -0.2) is 46.0 Å². The van der Waals surface area contributed by atoms with Crippen LogP contribution in [0.4, 0.5) is 0 Å². The van der Waals surface area contributed by atoms with E-state index in [-0.39, 0.29) is 12.4 Å². The molecule has 1 aromatic carbocycles. The first kappa shape index (κ1) is 19.2. The van der Waals surface area contributed by atoms with E-state index in [1.54, 1.807) is 28.6 Å². The summed E-state index contributed by atoms with van der Waals surface area (Å²) in [6, 6.07) is 6.76. The SMILES string of the molecule is CCOc1cccc(S(=O)(=O)N2CCCC(CNC)C2)c1.Cl. The molecule has 1 aliphatic rings. The molecule has 0 radical (unpaired) electrons. The number of benzene rings is 1. The molecule has 1 aliphatic heterocycles. The second-order valence-electron chi connectivity index (χ2n) is 5.34. The topological polar surface area (TPSA) is 58.6 Å². The molecule has 1 fully saturated rings. The predicted octanol–water partition coefficient (Wildman–Crippen LogP) is 2.13. The molecule has 7 heteroatoms. The van der Waals surface area contributed by atoms with E-state index in [4.69, 9.17) is 4.74 Å². The number of hydrogen-bond acceptors (Lipinski definition) is 4. The van der Waals surface area contributed by atoms with Gasteiger partial charge >= 0.3 is 0 Å². The summed E-state index contributed by atoms with van der Waals surface area (Å²) >= 11 is 0. The van der Waals surface area contributed by atoms with E-state index in [0.29, 0.717) is 36.3 Å². The molecule has 1 saturated heterocycles. The lowest BCUT2D eigenvalue weighted by Crippen LogP contribution is -2.42. The third-order valence-electron chi connectivity index (χ3n) is 3.73. The smallest absolute Gasteiger partial charge is 0.243 e. The van der Waals surface area contributed by atoms with E-state index >= 15 is 0 Å². The molecule has 1 heterocycles. The second kappa shape index (κ2) is 8.72. The maximum atomic E-state index is 12.7. The van der Waals surface area contributed by atoms with Gasteiger partial charge in [-0.2, -0.15) is 4.31 Å². The van der Waals surface area contributed by atoms with Crippen molar-refractivity contribution in [2.75, 3.05) is 33.3 Å². The Morgan fingerprint density at radius 3 is 2.86 bits per heavy atom. The summed E-state index contributed by atoms with van der Waals surface area (Å²) in [5, 5.41) is 3.13. The Labute approximate surface area is 139 Å². The van der Waals surface area contributed by atoms with Gasteiger partial charge in [0.05, 0.1) is 11.5 Å². The van der Waals surface area contributed by atoms with Crippen molar-refractivity contribution in [2.24, 2.45) is 5.92 Å². The normalized spacial score (nSPS) is 19.5. The van der Waals surface area contributed by atoms with Crippen molar-refractivity contribution in [3.05, 3.63) is 24.3 Å². The minimum Gasteiger partial charge on any atom is -0.494 e. The molecule has 22 heavy (non-hydrogen) atoms. The van der Waals surface area contributed by atoms with Gasteiger partial charge in [-0.3, -0.25) is 0 Å². The average molecular weight is 349 g/mol. The molecular formula is C15H25ClN2O3S. The second-order valence-corrected chi connectivity index (χ2v) is 7.27. The van der Waals surface area contributed by atoms with Crippen molar-refractivity contribution >= 4 is 22.4 Å². The van der Waals surface area contributed by atoms with Crippen LogP contribution in [0.15, 0.2) is 29.2 Å². The lowest BCUT2D eigenvalue weighted by atomic mass is 10.00. The summed E-state index contributed by atoms with van der Waals surface area (Å²) in [4.78, 5) is 0.318. The number of halogens is 1. The summed E-state index contributed by atoms with van der Waals surface area (Å²) in [5.41, 5.74) is 0. The zero-order chi connectivity index (χ0) is 15.3. The molecule has 0 spiro atoms. The van der Waals surface area contributed by atoms with Crippen LogP contribution in [0.25, 0.3) is 0 Å². The fourth-order valence-corrected chi connectivity index (χ4v) is 4.33. The molecular weight excluding hydrogens is 324 g/mol. The maximum absolute atomic E-state index is 12.7. The molecule has 1 atom stereocenters. The number of ether oxygens (including phenoxy) is 1. The highest BCUT2D eigenvalue weighted by Gasteiger charge is 2.30. The molecule has 1 N–H and O–H groups in total. The molecule has 5 nitrogen and oxygen atoms in total. The third kappa shape index (κ3) is 4.59. The molecule has 0 amide bonds. The van der Waals surface area contributed by atoms with E-state index in [1.807, 2.05) is 14.0 Å². The first-order chi connectivity index (χ1) is 10.1. The fraction of sp³-hybridized carbons (Fsp3) is 0.600. The van der Waals surface area contributed by atoms with E-state index in [0.717, 1.165) is 19.4 Å². The van der Waals surface area contributed by atoms with Gasteiger partial charge in [0, 0.05) is 19.2 Å². The van der Waals surface area contributed by atoms with Crippen molar-refractivity contribution in [2.45, 2.75) is 24.7 Å². The maximum Gasteiger partial charge on any atom is 0.243 e. The molecule has 0 aliphatic carbocycles. The van der Waals surface area contributed by atoms with Gasteiger partial charge < -0.3 is 10.1 Å². The number of piperidine rings is 1. The van der Waals surface area contributed by atoms with Crippen LogP contribution < -0.4 is 10.1 Å². The molecule has 126 valence electrons. The lowest BCUT2D eigenvalue weighted by molar-refractivity contribution is 0.263. The van der Waals surface area contributed by atoms with Crippen molar-refractivity contribution in [1.82, 2.24) is 9.62 Å². The summed E-state index contributed by atoms with van der Waals surface area (Å²) in [6.45, 7) is 4.44. The van der Waals surface area contributed by atoms with Gasteiger partial charge in [0.2, 0.25) is 10.0 Å². The van der Waals surface area contributed by atoms with E-state index in [2.05, 4.69) is 5.32 Å². The van der Waals surface area contributed by atoms with Crippen LogP contribution in [0.5, 0.6) is 5.75 Å². The summed E-state index contributed by atoms with van der Waals surface area (Å²) in [7, 11) is -1.53. The number of sulfonamides is 1. The van der Waals surface area contributed by atoms with Crippen LogP contribution in [0, 0.1) is 5.92 Å². The predicted molar refractivity (Wildman–Crippen MR) is 90.3 cm³/mol. The third-order valence-corrected chi connectivity index (χ3v) is 5.59. The van der Waals surface area contributed by atoms with E-state index in [1.165, 1.54) is 0 Å². The van der Waals surface area contributed by atoms with Gasteiger partial charge in [0.25, 0.3) is 0 Å². The highest BCUT2D eigenvalue weighted by molar-refractivity contribution is 7.89. The van der Waals surface area contributed by atoms with Gasteiger partial charge in [0.1, 0.15) is 5.75 Å². The van der Waals surface area contributed by atoms with Crippen molar-refractivity contribution < 1.29 is 13.2 Å².